The highest BCUT2D eigenvalue weighted by molar-refractivity contribution is 6.30. The minimum atomic E-state index is -0.0707. The quantitative estimate of drug-likeness (QED) is 0.463. The standard InChI is InChI=1S/C22H17ClN2O/c1-25(14-15-10-11-16-6-2-3-7-17(16)12-15)22(26)19-13-21(23)24-20-9-5-4-8-18(19)20/h2-13H,14H2,1H3. The zero-order valence-corrected chi connectivity index (χ0v) is 15.1. The van der Waals surface area contributed by atoms with Crippen LogP contribution in [0, 0.1) is 0 Å². The van der Waals surface area contributed by atoms with Crippen LogP contribution in [0.3, 0.4) is 0 Å². The second-order valence-electron chi connectivity index (χ2n) is 6.35. The number of nitrogens with zero attached hydrogens (tertiary/aromatic N) is 2. The monoisotopic (exact) mass is 360 g/mol. The highest BCUT2D eigenvalue weighted by Gasteiger charge is 2.17. The molecule has 0 aliphatic rings. The van der Waals surface area contributed by atoms with Crippen LogP contribution in [0.15, 0.2) is 72.8 Å². The number of aromatic nitrogens is 1. The lowest BCUT2D eigenvalue weighted by Crippen LogP contribution is -2.26. The highest BCUT2D eigenvalue weighted by atomic mass is 35.5. The van der Waals surface area contributed by atoms with E-state index in [0.29, 0.717) is 17.3 Å². The number of hydrogen-bond acceptors (Lipinski definition) is 2. The third-order valence-corrected chi connectivity index (χ3v) is 4.69. The van der Waals surface area contributed by atoms with E-state index in [9.17, 15) is 4.79 Å². The van der Waals surface area contributed by atoms with E-state index < -0.39 is 0 Å². The van der Waals surface area contributed by atoms with E-state index >= 15 is 0 Å². The third kappa shape index (κ3) is 3.14. The summed E-state index contributed by atoms with van der Waals surface area (Å²) in [4.78, 5) is 19.0. The van der Waals surface area contributed by atoms with Gasteiger partial charge in [-0.15, -0.1) is 0 Å². The SMILES string of the molecule is CN(Cc1ccc2ccccc2c1)C(=O)c1cc(Cl)nc2ccccc12. The van der Waals surface area contributed by atoms with Gasteiger partial charge in [-0.2, -0.15) is 0 Å². The maximum absolute atomic E-state index is 13.0. The average Bonchev–Trinajstić information content (AvgIpc) is 2.66. The molecule has 0 aliphatic heterocycles. The number of para-hydroxylation sites is 1. The Labute approximate surface area is 156 Å². The van der Waals surface area contributed by atoms with Gasteiger partial charge in [0.25, 0.3) is 5.91 Å². The van der Waals surface area contributed by atoms with E-state index in [1.165, 1.54) is 10.8 Å². The fourth-order valence-electron chi connectivity index (χ4n) is 3.21. The van der Waals surface area contributed by atoms with Crippen LogP contribution < -0.4 is 0 Å². The van der Waals surface area contributed by atoms with Crippen molar-refractivity contribution in [2.45, 2.75) is 6.54 Å². The first kappa shape index (κ1) is 16.6. The lowest BCUT2D eigenvalue weighted by molar-refractivity contribution is 0.0787. The maximum atomic E-state index is 13.0. The molecular formula is C22H17ClN2O. The van der Waals surface area contributed by atoms with Crippen molar-refractivity contribution < 1.29 is 4.79 Å². The van der Waals surface area contributed by atoms with Crippen LogP contribution in [-0.4, -0.2) is 22.8 Å². The molecule has 0 spiro atoms. The summed E-state index contributed by atoms with van der Waals surface area (Å²) in [7, 11) is 1.81. The maximum Gasteiger partial charge on any atom is 0.254 e. The normalized spacial score (nSPS) is 11.0. The minimum Gasteiger partial charge on any atom is -0.337 e. The molecule has 4 rings (SSSR count). The lowest BCUT2D eigenvalue weighted by atomic mass is 10.1. The molecule has 0 unspecified atom stereocenters. The first-order chi connectivity index (χ1) is 12.6. The first-order valence-electron chi connectivity index (χ1n) is 8.40. The van der Waals surface area contributed by atoms with E-state index in [0.717, 1.165) is 16.5 Å². The predicted octanol–water partition coefficient (Wildman–Crippen LogP) is 5.31. The molecule has 0 radical (unpaired) electrons. The third-order valence-electron chi connectivity index (χ3n) is 4.50. The summed E-state index contributed by atoms with van der Waals surface area (Å²) < 4.78 is 0. The summed E-state index contributed by atoms with van der Waals surface area (Å²) in [5.74, 6) is -0.0707. The summed E-state index contributed by atoms with van der Waals surface area (Å²) in [6.45, 7) is 0.526. The Bertz CT molecular complexity index is 1120. The highest BCUT2D eigenvalue weighted by Crippen LogP contribution is 2.23. The Hall–Kier alpha value is -2.91. The molecule has 3 aromatic carbocycles. The number of amides is 1. The summed E-state index contributed by atoms with van der Waals surface area (Å²) in [6.07, 6.45) is 0. The zero-order valence-electron chi connectivity index (χ0n) is 14.3. The van der Waals surface area contributed by atoms with Gasteiger partial charge in [0.15, 0.2) is 0 Å². The molecule has 0 aliphatic carbocycles. The number of hydrogen-bond donors (Lipinski definition) is 0. The lowest BCUT2D eigenvalue weighted by Gasteiger charge is -2.19. The largest absolute Gasteiger partial charge is 0.337 e. The van der Waals surface area contributed by atoms with Gasteiger partial charge in [-0.05, 0) is 34.5 Å². The number of halogens is 1. The van der Waals surface area contributed by atoms with E-state index in [4.69, 9.17) is 11.6 Å². The van der Waals surface area contributed by atoms with Gasteiger partial charge in [-0.3, -0.25) is 4.79 Å². The van der Waals surface area contributed by atoms with Crippen LogP contribution in [0.1, 0.15) is 15.9 Å². The minimum absolute atomic E-state index is 0.0707. The predicted molar refractivity (Wildman–Crippen MR) is 106 cm³/mol. The van der Waals surface area contributed by atoms with Crippen LogP contribution >= 0.6 is 11.6 Å². The van der Waals surface area contributed by atoms with Gasteiger partial charge in [-0.25, -0.2) is 4.98 Å². The van der Waals surface area contributed by atoms with E-state index in [1.807, 2.05) is 36.4 Å². The molecular weight excluding hydrogens is 344 g/mol. The molecule has 0 saturated heterocycles. The number of rotatable bonds is 3. The number of fused-ring (bicyclic) bond motifs is 2. The van der Waals surface area contributed by atoms with Gasteiger partial charge in [0.05, 0.1) is 11.1 Å². The summed E-state index contributed by atoms with van der Waals surface area (Å²) in [6, 6.07) is 23.7. The number of benzene rings is 3. The van der Waals surface area contributed by atoms with Crippen molar-refractivity contribution in [3.63, 3.8) is 0 Å². The first-order valence-corrected chi connectivity index (χ1v) is 8.78. The van der Waals surface area contributed by atoms with Crippen molar-refractivity contribution in [1.29, 1.82) is 0 Å². The van der Waals surface area contributed by atoms with Crippen molar-refractivity contribution in [2.75, 3.05) is 7.05 Å². The topological polar surface area (TPSA) is 33.2 Å². The molecule has 26 heavy (non-hydrogen) atoms. The van der Waals surface area contributed by atoms with E-state index in [2.05, 4.69) is 35.3 Å². The molecule has 0 atom stereocenters. The van der Waals surface area contributed by atoms with Gasteiger partial charge in [-0.1, -0.05) is 66.2 Å². The van der Waals surface area contributed by atoms with Crippen molar-refractivity contribution in [2.24, 2.45) is 0 Å². The van der Waals surface area contributed by atoms with Gasteiger partial charge < -0.3 is 4.90 Å². The summed E-state index contributed by atoms with van der Waals surface area (Å²) >= 11 is 6.12. The van der Waals surface area contributed by atoms with Crippen LogP contribution in [0.5, 0.6) is 0 Å². The van der Waals surface area contributed by atoms with Gasteiger partial charge in [0, 0.05) is 19.0 Å². The Balaban J connectivity index is 1.65. The fraction of sp³-hybridized carbons (Fsp3) is 0.0909. The van der Waals surface area contributed by atoms with Crippen molar-refractivity contribution in [1.82, 2.24) is 9.88 Å². The number of carbonyl (C=O) groups is 1. The Morgan fingerprint density at radius 3 is 2.54 bits per heavy atom. The summed E-state index contributed by atoms with van der Waals surface area (Å²) in [5, 5.41) is 3.50. The molecule has 1 heterocycles. The van der Waals surface area contributed by atoms with Crippen molar-refractivity contribution >= 4 is 39.2 Å². The van der Waals surface area contributed by atoms with Gasteiger partial charge >= 0.3 is 0 Å². The Morgan fingerprint density at radius 2 is 1.69 bits per heavy atom. The molecule has 4 aromatic rings. The van der Waals surface area contributed by atoms with E-state index in [-0.39, 0.29) is 5.91 Å². The molecule has 0 N–H and O–H groups in total. The Morgan fingerprint density at radius 1 is 0.962 bits per heavy atom. The number of carbonyl (C=O) groups excluding carboxylic acids is 1. The fourth-order valence-corrected chi connectivity index (χ4v) is 3.41. The zero-order chi connectivity index (χ0) is 18.1. The summed E-state index contributed by atoms with van der Waals surface area (Å²) in [5.41, 5.74) is 2.38. The average molecular weight is 361 g/mol. The second kappa shape index (κ2) is 6.77. The molecule has 1 amide bonds. The van der Waals surface area contributed by atoms with Crippen molar-refractivity contribution in [3.8, 4) is 0 Å². The molecule has 0 saturated carbocycles. The molecule has 0 fully saturated rings. The Kier molecular flexibility index (Phi) is 4.31. The molecule has 0 bridgehead atoms. The van der Waals surface area contributed by atoms with Gasteiger partial charge in [0.2, 0.25) is 0 Å². The molecule has 3 nitrogen and oxygen atoms in total. The second-order valence-corrected chi connectivity index (χ2v) is 6.74. The smallest absolute Gasteiger partial charge is 0.254 e. The molecule has 1 aromatic heterocycles. The number of pyridine rings is 1. The van der Waals surface area contributed by atoms with Crippen LogP contribution in [0.2, 0.25) is 5.15 Å². The van der Waals surface area contributed by atoms with Gasteiger partial charge in [0.1, 0.15) is 5.15 Å². The van der Waals surface area contributed by atoms with Crippen LogP contribution in [0.25, 0.3) is 21.7 Å². The van der Waals surface area contributed by atoms with Crippen molar-refractivity contribution in [3.05, 3.63) is 89.1 Å². The molecule has 128 valence electrons. The van der Waals surface area contributed by atoms with Crippen LogP contribution in [0.4, 0.5) is 0 Å². The molecule has 4 heteroatoms. The van der Waals surface area contributed by atoms with Crippen LogP contribution in [-0.2, 0) is 6.54 Å². The van der Waals surface area contributed by atoms with E-state index in [1.54, 1.807) is 18.0 Å².